The monoisotopic (exact) mass is 268 g/mol. The molecule has 0 atom stereocenters. The van der Waals surface area contributed by atoms with Crippen LogP contribution in [0.1, 0.15) is 0 Å². The Morgan fingerprint density at radius 3 is 1.65 bits per heavy atom. The number of rotatable bonds is 2. The van der Waals surface area contributed by atoms with Crippen molar-refractivity contribution in [3.63, 3.8) is 0 Å². The van der Waals surface area contributed by atoms with E-state index in [1.165, 1.54) is 12.1 Å². The molecule has 2 N–H and O–H groups in total. The molecule has 0 unspecified atom stereocenters. The molecule has 0 saturated carbocycles. The maximum Gasteiger partial charge on any atom is 0.356 e. The largest absolute Gasteiger partial charge is 0.356 e. The predicted molar refractivity (Wildman–Crippen MR) is 68.6 cm³/mol. The average molecular weight is 269 g/mol. The van der Waals surface area contributed by atoms with Crippen molar-refractivity contribution in [1.29, 1.82) is 0 Å². The van der Waals surface area contributed by atoms with Crippen molar-refractivity contribution in [2.24, 2.45) is 0 Å². The molecule has 0 aliphatic rings. The summed E-state index contributed by atoms with van der Waals surface area (Å²) in [5.41, 5.74) is 1.84. The Balaban J connectivity index is 2.36. The van der Waals surface area contributed by atoms with Crippen molar-refractivity contribution in [1.82, 2.24) is 0 Å². The Labute approximate surface area is 104 Å². The molecule has 0 fully saturated rings. The lowest BCUT2D eigenvalue weighted by molar-refractivity contribution is 0.387. The molecule has 17 heavy (non-hydrogen) atoms. The Morgan fingerprint density at radius 2 is 1.24 bits per heavy atom. The van der Waals surface area contributed by atoms with E-state index in [2.05, 4.69) is 0 Å². The molecule has 0 aromatic heterocycles. The van der Waals surface area contributed by atoms with E-state index in [1.807, 2.05) is 12.1 Å². The van der Waals surface area contributed by atoms with Crippen LogP contribution in [0.4, 0.5) is 0 Å². The summed E-state index contributed by atoms with van der Waals surface area (Å²) < 4.78 is 11.0. The van der Waals surface area contributed by atoms with E-state index >= 15 is 0 Å². The van der Waals surface area contributed by atoms with Crippen LogP contribution in [0.15, 0.2) is 48.5 Å². The second kappa shape index (κ2) is 4.63. The highest BCUT2D eigenvalue weighted by molar-refractivity contribution is 7.60. The van der Waals surface area contributed by atoms with E-state index in [1.54, 1.807) is 24.3 Å². The van der Waals surface area contributed by atoms with Crippen molar-refractivity contribution >= 4 is 24.5 Å². The predicted octanol–water partition coefficient (Wildman–Crippen LogP) is 2.81. The lowest BCUT2D eigenvalue weighted by atomic mass is 10.1. The maximum atomic E-state index is 11.0. The van der Waals surface area contributed by atoms with E-state index < -0.39 is 7.60 Å². The van der Waals surface area contributed by atoms with Gasteiger partial charge in [-0.05, 0) is 35.4 Å². The summed E-state index contributed by atoms with van der Waals surface area (Å²) in [5, 5.41) is 0.677. The van der Waals surface area contributed by atoms with Gasteiger partial charge in [-0.3, -0.25) is 4.57 Å². The normalized spacial score (nSPS) is 11.5. The molecule has 5 heteroatoms. The van der Waals surface area contributed by atoms with Crippen molar-refractivity contribution in [2.75, 3.05) is 0 Å². The number of benzene rings is 2. The van der Waals surface area contributed by atoms with E-state index in [-0.39, 0.29) is 5.30 Å². The molecule has 2 aromatic rings. The first-order valence-corrected chi connectivity index (χ1v) is 6.88. The molecule has 3 nitrogen and oxygen atoms in total. The SMILES string of the molecule is O=P(O)(O)c1ccc(-c2ccc(Cl)cc2)cc1. The van der Waals surface area contributed by atoms with Gasteiger partial charge < -0.3 is 9.79 Å². The van der Waals surface area contributed by atoms with Gasteiger partial charge >= 0.3 is 7.60 Å². The van der Waals surface area contributed by atoms with Gasteiger partial charge in [-0.2, -0.15) is 0 Å². The van der Waals surface area contributed by atoms with Crippen LogP contribution in [-0.2, 0) is 4.57 Å². The average Bonchev–Trinajstić information content (AvgIpc) is 2.29. The van der Waals surface area contributed by atoms with Gasteiger partial charge in [0, 0.05) is 5.02 Å². The van der Waals surface area contributed by atoms with Gasteiger partial charge in [-0.15, -0.1) is 0 Å². The van der Waals surface area contributed by atoms with Gasteiger partial charge in [-0.1, -0.05) is 35.9 Å². The molecule has 0 radical (unpaired) electrons. The Bertz CT molecular complexity index is 557. The highest BCUT2D eigenvalue weighted by Gasteiger charge is 2.16. The van der Waals surface area contributed by atoms with E-state index in [0.717, 1.165) is 11.1 Å². The van der Waals surface area contributed by atoms with Crippen molar-refractivity contribution in [3.05, 3.63) is 53.6 Å². The number of halogens is 1. The van der Waals surface area contributed by atoms with Crippen LogP contribution in [0.25, 0.3) is 11.1 Å². The van der Waals surface area contributed by atoms with Crippen molar-refractivity contribution < 1.29 is 14.4 Å². The summed E-state index contributed by atoms with van der Waals surface area (Å²) in [5.74, 6) is 0. The fourth-order valence-corrected chi connectivity index (χ4v) is 2.15. The summed E-state index contributed by atoms with van der Waals surface area (Å²) >= 11 is 5.78. The fourth-order valence-electron chi connectivity index (χ4n) is 1.49. The molecule has 2 rings (SSSR count). The first-order chi connectivity index (χ1) is 7.97. The van der Waals surface area contributed by atoms with Gasteiger partial charge in [0.1, 0.15) is 0 Å². The molecular formula is C12H10ClO3P. The van der Waals surface area contributed by atoms with Crippen LogP contribution in [0.3, 0.4) is 0 Å². The summed E-state index contributed by atoms with van der Waals surface area (Å²) in [6.07, 6.45) is 0. The van der Waals surface area contributed by atoms with Crippen LogP contribution < -0.4 is 5.30 Å². The molecular weight excluding hydrogens is 259 g/mol. The molecule has 0 heterocycles. The van der Waals surface area contributed by atoms with Gasteiger partial charge in [0.05, 0.1) is 5.30 Å². The summed E-state index contributed by atoms with van der Waals surface area (Å²) in [4.78, 5) is 18.0. The van der Waals surface area contributed by atoms with Crippen LogP contribution in [0, 0.1) is 0 Å². The van der Waals surface area contributed by atoms with Gasteiger partial charge in [0.15, 0.2) is 0 Å². The van der Waals surface area contributed by atoms with Crippen LogP contribution >= 0.6 is 19.2 Å². The molecule has 0 bridgehead atoms. The van der Waals surface area contributed by atoms with E-state index in [4.69, 9.17) is 21.4 Å². The van der Waals surface area contributed by atoms with Gasteiger partial charge in [0.25, 0.3) is 0 Å². The summed E-state index contributed by atoms with van der Waals surface area (Å²) in [6, 6.07) is 13.5. The van der Waals surface area contributed by atoms with Crippen molar-refractivity contribution in [2.45, 2.75) is 0 Å². The topological polar surface area (TPSA) is 57.5 Å². The molecule has 0 amide bonds. The number of hydrogen-bond acceptors (Lipinski definition) is 1. The lowest BCUT2D eigenvalue weighted by Crippen LogP contribution is -2.02. The van der Waals surface area contributed by atoms with Crippen LogP contribution in [0.5, 0.6) is 0 Å². The highest BCUT2D eigenvalue weighted by atomic mass is 35.5. The zero-order valence-corrected chi connectivity index (χ0v) is 10.4. The molecule has 88 valence electrons. The van der Waals surface area contributed by atoms with Crippen LogP contribution in [-0.4, -0.2) is 9.79 Å². The van der Waals surface area contributed by atoms with Gasteiger partial charge in [0.2, 0.25) is 0 Å². The zero-order chi connectivity index (χ0) is 12.5. The standard InChI is InChI=1S/C12H10ClO3P/c13-11-5-1-9(2-6-11)10-3-7-12(8-4-10)17(14,15)16/h1-8H,(H2,14,15,16). The summed E-state index contributed by atoms with van der Waals surface area (Å²) in [7, 11) is -4.16. The van der Waals surface area contributed by atoms with Gasteiger partial charge in [-0.25, -0.2) is 0 Å². The molecule has 0 spiro atoms. The first-order valence-electron chi connectivity index (χ1n) is 4.89. The Kier molecular flexibility index (Phi) is 3.36. The number of hydrogen-bond donors (Lipinski definition) is 2. The minimum absolute atomic E-state index is 0.0233. The quantitative estimate of drug-likeness (QED) is 0.824. The second-order valence-electron chi connectivity index (χ2n) is 3.60. The Morgan fingerprint density at radius 1 is 0.824 bits per heavy atom. The van der Waals surface area contributed by atoms with Crippen LogP contribution in [0.2, 0.25) is 5.02 Å². The van der Waals surface area contributed by atoms with Crippen molar-refractivity contribution in [3.8, 4) is 11.1 Å². The van der Waals surface area contributed by atoms with E-state index in [9.17, 15) is 4.57 Å². The molecule has 0 aliphatic carbocycles. The highest BCUT2D eigenvalue weighted by Crippen LogP contribution is 2.33. The smallest absolute Gasteiger partial charge is 0.321 e. The fraction of sp³-hybridized carbons (Fsp3) is 0. The lowest BCUT2D eigenvalue weighted by Gasteiger charge is -2.06. The molecule has 0 aliphatic heterocycles. The maximum absolute atomic E-state index is 11.0. The zero-order valence-electron chi connectivity index (χ0n) is 8.75. The minimum atomic E-state index is -4.16. The third kappa shape index (κ3) is 2.96. The van der Waals surface area contributed by atoms with E-state index in [0.29, 0.717) is 5.02 Å². The molecule has 2 aromatic carbocycles. The second-order valence-corrected chi connectivity index (χ2v) is 5.64. The Hall–Kier alpha value is -1.12. The first kappa shape index (κ1) is 12.3. The minimum Gasteiger partial charge on any atom is -0.321 e. The molecule has 0 saturated heterocycles. The third-order valence-corrected chi connectivity index (χ3v) is 3.60. The summed E-state index contributed by atoms with van der Waals surface area (Å²) in [6.45, 7) is 0. The third-order valence-electron chi connectivity index (χ3n) is 2.38.